The summed E-state index contributed by atoms with van der Waals surface area (Å²) in [5.74, 6) is -17.8. The van der Waals surface area contributed by atoms with E-state index in [-0.39, 0.29) is 119 Å². The lowest BCUT2D eigenvalue weighted by molar-refractivity contribution is -0.139. The van der Waals surface area contributed by atoms with E-state index in [0.717, 1.165) is 60.7 Å². The number of amides is 6. The Labute approximate surface area is 612 Å². The van der Waals surface area contributed by atoms with Crippen LogP contribution in [0.3, 0.4) is 0 Å². The molecule has 5 atom stereocenters. The molecule has 6 amide bonds. The third-order valence-corrected chi connectivity index (χ3v) is 20.4. The monoisotopic (exact) mass is 1560 g/mol. The molecule has 554 valence electrons. The van der Waals surface area contributed by atoms with Crippen LogP contribution < -0.4 is 52.0 Å². The van der Waals surface area contributed by atoms with E-state index in [1.807, 2.05) is 0 Å². The van der Waals surface area contributed by atoms with Crippen molar-refractivity contribution in [2.75, 3.05) is 52.9 Å². The predicted octanol–water partition coefficient (Wildman–Crippen LogP) is 17.1. The van der Waals surface area contributed by atoms with Gasteiger partial charge in [0.05, 0.1) is 75.2 Å². The summed E-state index contributed by atoms with van der Waals surface area (Å²) in [6, 6.07) is 10.8. The van der Waals surface area contributed by atoms with Crippen LogP contribution in [0.15, 0.2) is 115 Å². The van der Waals surface area contributed by atoms with Crippen LogP contribution in [-0.2, 0) is 31.4 Å². The number of alkyl halides is 9. The summed E-state index contributed by atoms with van der Waals surface area (Å²) >= 11 is 19.6. The Hall–Kier alpha value is -11.2. The Morgan fingerprint density at radius 2 is 0.870 bits per heavy atom. The molecule has 6 aliphatic heterocycles. The second kappa shape index (κ2) is 26.6. The van der Waals surface area contributed by atoms with E-state index in [9.17, 15) is 55.1 Å². The number of hydrogen-bond acceptors (Lipinski definition) is 10. The van der Waals surface area contributed by atoms with Gasteiger partial charge in [0.2, 0.25) is 0 Å². The summed E-state index contributed by atoms with van der Waals surface area (Å²) in [4.78, 5) is 85.1. The first-order valence-corrected chi connectivity index (χ1v) is 33.5. The van der Waals surface area contributed by atoms with Crippen LogP contribution >= 0.6 is 34.8 Å². The average molecular weight is 1560 g/mol. The lowest BCUT2D eigenvalue weighted by Gasteiger charge is -2.31. The van der Waals surface area contributed by atoms with Crippen molar-refractivity contribution in [2.45, 2.75) is 61.3 Å². The summed E-state index contributed by atoms with van der Waals surface area (Å²) in [7, 11) is 0. The topological polar surface area (TPSA) is 217 Å². The number of halogens is 18. The fraction of sp³-hybridized carbons (Fsp3) is 0.189. The van der Waals surface area contributed by atoms with Gasteiger partial charge >= 0.3 is 18.5 Å². The molecule has 0 saturated heterocycles. The van der Waals surface area contributed by atoms with E-state index in [2.05, 4.69) is 42.5 Å². The molecule has 0 aromatic heterocycles. The van der Waals surface area contributed by atoms with Gasteiger partial charge in [0, 0.05) is 130 Å². The molecule has 9 aromatic rings. The van der Waals surface area contributed by atoms with Crippen molar-refractivity contribution >= 4 is 98.7 Å². The molecule has 6 heterocycles. The molecule has 8 N–H and O–H groups in total. The number of hydrogen-bond donors (Lipinski definition) is 8. The molecule has 15 rings (SSSR count). The van der Waals surface area contributed by atoms with E-state index < -0.39 is 212 Å². The number of fused-ring (bicyclic) bond motifs is 9. The minimum atomic E-state index is -5.52. The van der Waals surface area contributed by atoms with E-state index in [1.165, 1.54) is 12.1 Å². The first kappa shape index (κ1) is 72.4. The zero-order valence-electron chi connectivity index (χ0n) is 54.2. The highest BCUT2D eigenvalue weighted by atomic mass is 35.5. The highest BCUT2D eigenvalue weighted by Crippen LogP contribution is 2.53. The molecule has 0 bridgehead atoms. The average Bonchev–Trinajstić information content (AvgIpc) is 1.53. The van der Waals surface area contributed by atoms with Gasteiger partial charge < -0.3 is 52.0 Å². The summed E-state index contributed by atoms with van der Waals surface area (Å²) in [5.41, 5.74) is -13.0. The standard InChI is InChI=1S/C74H44Cl3F15N8O8/c75-43-4-1-32(78)18-36(43)62-58-49(21-48-39(56(58)69(104)98-62)11-29(24-94-48)54-41(73(87,88)89)13-27(15-46(54)82)68(103)97-51-23-53-65(93-7-8-107-53)61-60(51)64(100-71(61)106)38-20-34(80)3-6-45(38)77)95-67(102)28-14-42(74(90,91)92)55(47(83)16-28)30-12-40-52(108-25-30)22-50(96-66(101)26-9-31(72(84,85)86)17-35(81)10-26)59-57(40)70(105)99-63(59)37-19-33(79)2-5-44(37)76/h1-6,9-10,13-23,29-30,62-64,93-94H,7-8,11-12,24-25H2,(H,95,102)(H,96,101)(H,97,103)(H,98,104)(H,99,105)(H,100,106). The van der Waals surface area contributed by atoms with Gasteiger partial charge in [-0.05, 0) is 122 Å². The minimum absolute atomic E-state index is 0.00548. The summed E-state index contributed by atoms with van der Waals surface area (Å²) in [6.45, 7) is -1.11. The zero-order chi connectivity index (χ0) is 76.8. The van der Waals surface area contributed by atoms with Gasteiger partial charge in [-0.2, -0.15) is 39.5 Å². The normalized spacial score (nSPS) is 18.3. The molecule has 34 heteroatoms. The number of anilines is 5. The molecule has 16 nitrogen and oxygen atoms in total. The Morgan fingerprint density at radius 3 is 1.36 bits per heavy atom. The Bertz CT molecular complexity index is 5490. The van der Waals surface area contributed by atoms with Crippen molar-refractivity contribution in [3.63, 3.8) is 0 Å². The van der Waals surface area contributed by atoms with Crippen molar-refractivity contribution in [2.24, 2.45) is 0 Å². The number of carbonyl (C=O) groups is 6. The predicted molar refractivity (Wildman–Crippen MR) is 360 cm³/mol. The van der Waals surface area contributed by atoms with Gasteiger partial charge in [-0.1, -0.05) is 34.8 Å². The van der Waals surface area contributed by atoms with Crippen LogP contribution in [0.1, 0.15) is 164 Å². The Kier molecular flexibility index (Phi) is 17.9. The number of carbonyl (C=O) groups excluding carboxylic acids is 6. The molecular formula is C74H44Cl3F15N8O8. The van der Waals surface area contributed by atoms with Crippen LogP contribution in [0, 0.1) is 34.9 Å². The number of ether oxygens (including phenoxy) is 2. The molecule has 6 aliphatic rings. The van der Waals surface area contributed by atoms with Crippen molar-refractivity contribution < 1.29 is 104 Å². The summed E-state index contributed by atoms with van der Waals surface area (Å²) < 4.78 is 240. The molecule has 0 radical (unpaired) electrons. The van der Waals surface area contributed by atoms with E-state index in [1.54, 1.807) is 0 Å². The third kappa shape index (κ3) is 12.9. The van der Waals surface area contributed by atoms with E-state index in [0.29, 0.717) is 30.3 Å². The molecule has 0 saturated carbocycles. The minimum Gasteiger partial charge on any atom is -0.493 e. The van der Waals surface area contributed by atoms with Gasteiger partial charge in [0.25, 0.3) is 35.4 Å². The maximum absolute atomic E-state index is 17.2. The van der Waals surface area contributed by atoms with Crippen LogP contribution in [0.4, 0.5) is 94.3 Å². The molecule has 108 heavy (non-hydrogen) atoms. The maximum atomic E-state index is 17.2. The van der Waals surface area contributed by atoms with Gasteiger partial charge in [0.1, 0.15) is 53.0 Å². The number of rotatable bonds is 11. The number of nitrogens with one attached hydrogen (secondary N) is 8. The zero-order valence-corrected chi connectivity index (χ0v) is 56.4. The number of benzene rings is 9. The van der Waals surface area contributed by atoms with E-state index in [4.69, 9.17) is 44.3 Å². The molecule has 9 aromatic carbocycles. The van der Waals surface area contributed by atoms with Gasteiger partial charge in [0.15, 0.2) is 0 Å². The highest BCUT2D eigenvalue weighted by molar-refractivity contribution is 6.32. The van der Waals surface area contributed by atoms with Crippen molar-refractivity contribution in [1.82, 2.24) is 16.0 Å². The van der Waals surface area contributed by atoms with Crippen LogP contribution in [-0.4, -0.2) is 61.7 Å². The van der Waals surface area contributed by atoms with Gasteiger partial charge in [-0.15, -0.1) is 0 Å². The summed E-state index contributed by atoms with van der Waals surface area (Å²) in [6.07, 6.45) is -17.4. The lowest BCUT2D eigenvalue weighted by atomic mass is 9.81. The quantitative estimate of drug-likeness (QED) is 0.0573. The fourth-order valence-electron chi connectivity index (χ4n) is 14.9. The van der Waals surface area contributed by atoms with Crippen LogP contribution in [0.2, 0.25) is 15.1 Å². The van der Waals surface area contributed by atoms with Gasteiger partial charge in [-0.25, -0.2) is 26.3 Å². The Balaban J connectivity index is 0.760. The van der Waals surface area contributed by atoms with Gasteiger partial charge in [-0.3, -0.25) is 28.8 Å². The maximum Gasteiger partial charge on any atom is 0.416 e. The van der Waals surface area contributed by atoms with Crippen molar-refractivity contribution in [1.29, 1.82) is 0 Å². The Morgan fingerprint density at radius 1 is 0.435 bits per heavy atom. The second-order valence-corrected chi connectivity index (χ2v) is 27.1. The van der Waals surface area contributed by atoms with Crippen LogP contribution in [0.5, 0.6) is 11.5 Å². The van der Waals surface area contributed by atoms with Crippen molar-refractivity contribution in [3.8, 4) is 11.5 Å². The highest BCUT2D eigenvalue weighted by Gasteiger charge is 2.47. The third-order valence-electron chi connectivity index (χ3n) is 19.4. The first-order chi connectivity index (χ1) is 51.1. The first-order valence-electron chi connectivity index (χ1n) is 32.3. The summed E-state index contributed by atoms with van der Waals surface area (Å²) in [5, 5.41) is 20.5. The largest absolute Gasteiger partial charge is 0.493 e. The SMILES string of the molecule is O=C(Nc1cc2c(c3c1C(c1cc(F)ccc1Cl)NC3=O)CC(c1c(F)cc(C(=O)Nc3cc4c(c5c3C(c3cc(F)ccc3Cl)NC5=O)NCCO4)cc1C(F)(F)F)CN2)c1cc(F)c(C2COc3cc(NC(=O)c4cc(F)cc(C(F)(F)F)c4)c4c(c3C2)C(=O)NC4c2cc(F)ccc2Cl)c(C(F)(F)F)c1. The van der Waals surface area contributed by atoms with Crippen molar-refractivity contribution in [3.05, 3.63) is 271 Å². The fourth-order valence-corrected chi connectivity index (χ4v) is 15.5. The smallest absolute Gasteiger partial charge is 0.416 e. The van der Waals surface area contributed by atoms with E-state index >= 15 is 39.5 Å². The molecule has 5 unspecified atom stereocenters. The van der Waals surface area contributed by atoms with Crippen LogP contribution in [0.25, 0.3) is 0 Å². The second-order valence-electron chi connectivity index (χ2n) is 25.9. The molecular weight excluding hydrogens is 1520 g/mol. The molecule has 0 aliphatic carbocycles. The molecule has 0 fully saturated rings. The molecule has 0 spiro atoms. The lowest BCUT2D eigenvalue weighted by Crippen LogP contribution is -2.28.